The standard InChI is InChI=1S/C19H16N2O4/c22-19(17-2-1-9-23-17)21-15-6-4-14(5-7-15)20-11-13-3-8-16-18(10-13)25-12-24-16/h1-10,20H,11-12H2,(H,21,22). The molecule has 126 valence electrons. The molecule has 0 aliphatic carbocycles. The number of carbonyl (C=O) groups is 1. The first-order chi connectivity index (χ1) is 12.3. The Hall–Kier alpha value is -3.41. The maximum absolute atomic E-state index is 11.9. The van der Waals surface area contributed by atoms with Gasteiger partial charge in [0.15, 0.2) is 17.3 Å². The number of furan rings is 1. The van der Waals surface area contributed by atoms with Gasteiger partial charge < -0.3 is 24.5 Å². The van der Waals surface area contributed by atoms with Crippen LogP contribution in [0.2, 0.25) is 0 Å². The van der Waals surface area contributed by atoms with Crippen molar-refractivity contribution in [2.24, 2.45) is 0 Å². The molecule has 4 rings (SSSR count). The number of amides is 1. The van der Waals surface area contributed by atoms with E-state index >= 15 is 0 Å². The van der Waals surface area contributed by atoms with Gasteiger partial charge in [0.1, 0.15) is 0 Å². The van der Waals surface area contributed by atoms with Gasteiger partial charge >= 0.3 is 0 Å². The predicted octanol–water partition coefficient (Wildman–Crippen LogP) is 3.87. The molecule has 0 spiro atoms. The van der Waals surface area contributed by atoms with Gasteiger partial charge in [-0.05, 0) is 54.1 Å². The molecule has 1 aliphatic heterocycles. The number of rotatable bonds is 5. The van der Waals surface area contributed by atoms with Crippen LogP contribution in [-0.4, -0.2) is 12.7 Å². The van der Waals surface area contributed by atoms with Gasteiger partial charge in [-0.2, -0.15) is 0 Å². The van der Waals surface area contributed by atoms with Crippen LogP contribution in [0, 0.1) is 0 Å². The first kappa shape index (κ1) is 15.1. The van der Waals surface area contributed by atoms with E-state index in [0.29, 0.717) is 12.2 Å². The van der Waals surface area contributed by atoms with Gasteiger partial charge in [-0.15, -0.1) is 0 Å². The van der Waals surface area contributed by atoms with Crippen molar-refractivity contribution in [1.29, 1.82) is 0 Å². The van der Waals surface area contributed by atoms with E-state index < -0.39 is 0 Å². The maximum atomic E-state index is 11.9. The van der Waals surface area contributed by atoms with E-state index in [0.717, 1.165) is 22.7 Å². The van der Waals surface area contributed by atoms with Gasteiger partial charge in [-0.3, -0.25) is 4.79 Å². The second kappa shape index (κ2) is 6.60. The Bertz CT molecular complexity index is 873. The Morgan fingerprint density at radius 1 is 0.960 bits per heavy atom. The molecule has 0 atom stereocenters. The highest BCUT2D eigenvalue weighted by atomic mass is 16.7. The number of hydrogen-bond donors (Lipinski definition) is 2. The summed E-state index contributed by atoms with van der Waals surface area (Å²) in [5.41, 5.74) is 2.75. The molecule has 2 aromatic carbocycles. The Morgan fingerprint density at radius 2 is 1.76 bits per heavy atom. The highest BCUT2D eigenvalue weighted by molar-refractivity contribution is 6.02. The van der Waals surface area contributed by atoms with E-state index in [1.54, 1.807) is 12.1 Å². The summed E-state index contributed by atoms with van der Waals surface area (Å²) < 4.78 is 15.7. The normalized spacial score (nSPS) is 12.0. The molecule has 6 nitrogen and oxygen atoms in total. The van der Waals surface area contributed by atoms with Crippen molar-refractivity contribution in [3.05, 3.63) is 72.2 Å². The lowest BCUT2D eigenvalue weighted by atomic mass is 10.2. The lowest BCUT2D eigenvalue weighted by Gasteiger charge is -2.09. The van der Waals surface area contributed by atoms with Crippen molar-refractivity contribution in [3.63, 3.8) is 0 Å². The third kappa shape index (κ3) is 3.42. The van der Waals surface area contributed by atoms with Crippen LogP contribution in [0.25, 0.3) is 0 Å². The highest BCUT2D eigenvalue weighted by Crippen LogP contribution is 2.32. The largest absolute Gasteiger partial charge is 0.459 e. The number of nitrogens with one attached hydrogen (secondary N) is 2. The number of benzene rings is 2. The lowest BCUT2D eigenvalue weighted by molar-refractivity contribution is 0.0996. The molecular weight excluding hydrogens is 320 g/mol. The second-order valence-corrected chi connectivity index (χ2v) is 5.55. The molecule has 0 unspecified atom stereocenters. The number of fused-ring (bicyclic) bond motifs is 1. The molecule has 6 heteroatoms. The molecule has 0 radical (unpaired) electrons. The lowest BCUT2D eigenvalue weighted by Crippen LogP contribution is -2.10. The first-order valence-corrected chi connectivity index (χ1v) is 7.85. The highest BCUT2D eigenvalue weighted by Gasteiger charge is 2.13. The quantitative estimate of drug-likeness (QED) is 0.740. The molecule has 2 N–H and O–H groups in total. The minimum absolute atomic E-state index is 0.272. The van der Waals surface area contributed by atoms with Crippen LogP contribution >= 0.6 is 0 Å². The van der Waals surface area contributed by atoms with E-state index in [1.165, 1.54) is 6.26 Å². The Balaban J connectivity index is 1.35. The van der Waals surface area contributed by atoms with Crippen molar-refractivity contribution in [2.75, 3.05) is 17.4 Å². The Morgan fingerprint density at radius 3 is 2.56 bits per heavy atom. The van der Waals surface area contributed by atoms with Crippen LogP contribution in [0.3, 0.4) is 0 Å². The molecule has 0 fully saturated rings. The summed E-state index contributed by atoms with van der Waals surface area (Å²) in [5, 5.41) is 6.12. The summed E-state index contributed by atoms with van der Waals surface area (Å²) in [6, 6.07) is 16.7. The van der Waals surface area contributed by atoms with Crippen LogP contribution in [0.5, 0.6) is 11.5 Å². The summed E-state index contributed by atoms with van der Waals surface area (Å²) in [6.07, 6.45) is 1.47. The van der Waals surface area contributed by atoms with E-state index in [1.807, 2.05) is 42.5 Å². The molecule has 0 saturated heterocycles. The zero-order chi connectivity index (χ0) is 17.1. The van der Waals surface area contributed by atoms with Gasteiger partial charge in [0.05, 0.1) is 6.26 Å². The molecule has 3 aromatic rings. The van der Waals surface area contributed by atoms with Crippen LogP contribution in [0.4, 0.5) is 11.4 Å². The number of hydrogen-bond acceptors (Lipinski definition) is 5. The third-order valence-electron chi connectivity index (χ3n) is 3.82. The van der Waals surface area contributed by atoms with Gasteiger partial charge in [0, 0.05) is 17.9 Å². The summed E-state index contributed by atoms with van der Waals surface area (Å²) in [5.74, 6) is 1.56. The Kier molecular flexibility index (Phi) is 4.00. The first-order valence-electron chi connectivity index (χ1n) is 7.85. The van der Waals surface area contributed by atoms with Gasteiger partial charge in [0.25, 0.3) is 5.91 Å². The average molecular weight is 336 g/mol. The van der Waals surface area contributed by atoms with Gasteiger partial charge in [-0.1, -0.05) is 6.07 Å². The van der Waals surface area contributed by atoms with Crippen molar-refractivity contribution < 1.29 is 18.7 Å². The van der Waals surface area contributed by atoms with Gasteiger partial charge in [0.2, 0.25) is 6.79 Å². The third-order valence-corrected chi connectivity index (χ3v) is 3.82. The van der Waals surface area contributed by atoms with Crippen molar-refractivity contribution in [1.82, 2.24) is 0 Å². The second-order valence-electron chi connectivity index (χ2n) is 5.55. The fraction of sp³-hybridized carbons (Fsp3) is 0.105. The van der Waals surface area contributed by atoms with Crippen LogP contribution < -0.4 is 20.1 Å². The number of ether oxygens (including phenoxy) is 2. The SMILES string of the molecule is O=C(Nc1ccc(NCc2ccc3c(c2)OCO3)cc1)c1ccco1. The topological polar surface area (TPSA) is 72.7 Å². The maximum Gasteiger partial charge on any atom is 0.291 e. The molecule has 1 aliphatic rings. The molecular formula is C19H16N2O4. The van der Waals surface area contributed by atoms with E-state index in [4.69, 9.17) is 13.9 Å². The van der Waals surface area contributed by atoms with Crippen molar-refractivity contribution >= 4 is 17.3 Å². The molecule has 0 bridgehead atoms. The number of anilines is 2. The van der Waals surface area contributed by atoms with Crippen molar-refractivity contribution in [2.45, 2.75) is 6.54 Å². The Labute approximate surface area is 144 Å². The summed E-state index contributed by atoms with van der Waals surface area (Å²) >= 11 is 0. The molecule has 25 heavy (non-hydrogen) atoms. The summed E-state index contributed by atoms with van der Waals surface area (Å²) in [7, 11) is 0. The fourth-order valence-corrected chi connectivity index (χ4v) is 2.53. The molecule has 1 aromatic heterocycles. The summed E-state index contributed by atoms with van der Waals surface area (Å²) in [4.78, 5) is 11.9. The van der Waals surface area contributed by atoms with Crippen LogP contribution in [0.1, 0.15) is 16.1 Å². The van der Waals surface area contributed by atoms with Crippen LogP contribution in [-0.2, 0) is 6.54 Å². The van der Waals surface area contributed by atoms with Gasteiger partial charge in [-0.25, -0.2) is 0 Å². The monoisotopic (exact) mass is 336 g/mol. The number of carbonyl (C=O) groups excluding carboxylic acids is 1. The molecule has 2 heterocycles. The molecule has 1 amide bonds. The average Bonchev–Trinajstić information content (AvgIpc) is 3.32. The minimum atomic E-state index is -0.272. The minimum Gasteiger partial charge on any atom is -0.459 e. The van der Waals surface area contributed by atoms with Crippen molar-refractivity contribution in [3.8, 4) is 11.5 Å². The van der Waals surface area contributed by atoms with E-state index in [-0.39, 0.29) is 18.5 Å². The zero-order valence-electron chi connectivity index (χ0n) is 13.3. The fourth-order valence-electron chi connectivity index (χ4n) is 2.53. The summed E-state index contributed by atoms with van der Waals surface area (Å²) in [6.45, 7) is 0.937. The predicted molar refractivity (Wildman–Crippen MR) is 93.0 cm³/mol. The van der Waals surface area contributed by atoms with E-state index in [9.17, 15) is 4.79 Å². The zero-order valence-corrected chi connectivity index (χ0v) is 13.3. The smallest absolute Gasteiger partial charge is 0.291 e. The van der Waals surface area contributed by atoms with E-state index in [2.05, 4.69) is 10.6 Å². The van der Waals surface area contributed by atoms with Crippen LogP contribution in [0.15, 0.2) is 65.3 Å². The molecule has 0 saturated carbocycles.